The van der Waals surface area contributed by atoms with Crippen LogP contribution in [-0.2, 0) is 0 Å². The lowest BCUT2D eigenvalue weighted by Crippen LogP contribution is -2.43. The van der Waals surface area contributed by atoms with Crippen molar-refractivity contribution in [3.63, 3.8) is 0 Å². The number of hydrogen-bond donors (Lipinski definition) is 2. The van der Waals surface area contributed by atoms with E-state index in [0.29, 0.717) is 6.42 Å². The van der Waals surface area contributed by atoms with Crippen molar-refractivity contribution < 1.29 is 14.4 Å². The summed E-state index contributed by atoms with van der Waals surface area (Å²) in [6, 6.07) is 0. The van der Waals surface area contributed by atoms with E-state index in [4.69, 9.17) is 10.0 Å². The van der Waals surface area contributed by atoms with Crippen LogP contribution in [0.1, 0.15) is 19.8 Å². The Morgan fingerprint density at radius 3 is 2.40 bits per heavy atom. The standard InChI is InChI=1S/C6H12BFO2/c1-2-4-3-5(8)6(4)7(9)10/h4-6,9-10H,2-3H2,1H3/t4-,5?,6-/m0/s1. The molecule has 10 heavy (non-hydrogen) atoms. The minimum absolute atomic E-state index is 0.176. The molecular formula is C6H12BFO2. The Kier molecular flexibility index (Phi) is 2.31. The van der Waals surface area contributed by atoms with Gasteiger partial charge < -0.3 is 10.0 Å². The Morgan fingerprint density at radius 2 is 2.20 bits per heavy atom. The van der Waals surface area contributed by atoms with Gasteiger partial charge in [-0.1, -0.05) is 13.3 Å². The molecule has 0 saturated heterocycles. The van der Waals surface area contributed by atoms with Gasteiger partial charge in [0.15, 0.2) is 0 Å². The van der Waals surface area contributed by atoms with Crippen molar-refractivity contribution in [2.75, 3.05) is 0 Å². The third-order valence-corrected chi connectivity index (χ3v) is 2.36. The second-order valence-corrected chi connectivity index (χ2v) is 2.91. The molecule has 0 spiro atoms. The monoisotopic (exact) mass is 146 g/mol. The molecule has 2 nitrogen and oxygen atoms in total. The lowest BCUT2D eigenvalue weighted by Gasteiger charge is -2.38. The first-order valence-electron chi connectivity index (χ1n) is 3.67. The van der Waals surface area contributed by atoms with Gasteiger partial charge in [0.2, 0.25) is 0 Å². The largest absolute Gasteiger partial charge is 0.458 e. The number of alkyl halides is 1. The number of rotatable bonds is 2. The van der Waals surface area contributed by atoms with Gasteiger partial charge >= 0.3 is 7.12 Å². The van der Waals surface area contributed by atoms with Gasteiger partial charge in [-0.15, -0.1) is 0 Å². The Hall–Kier alpha value is -0.0851. The molecule has 0 radical (unpaired) electrons. The first kappa shape index (κ1) is 8.02. The predicted molar refractivity (Wildman–Crippen MR) is 37.2 cm³/mol. The maximum Gasteiger partial charge on any atom is 0.458 e. The summed E-state index contributed by atoms with van der Waals surface area (Å²) in [5, 5.41) is 17.3. The van der Waals surface area contributed by atoms with Gasteiger partial charge in [0.05, 0.1) is 0 Å². The molecule has 4 heteroatoms. The van der Waals surface area contributed by atoms with Gasteiger partial charge in [-0.3, -0.25) is 0 Å². The van der Waals surface area contributed by atoms with Crippen LogP contribution < -0.4 is 0 Å². The summed E-state index contributed by atoms with van der Waals surface area (Å²) in [6.07, 6.45) is 0.339. The average molecular weight is 146 g/mol. The summed E-state index contributed by atoms with van der Waals surface area (Å²) in [6.45, 7) is 1.94. The smallest absolute Gasteiger partial charge is 0.427 e. The SMILES string of the molecule is CC[C@H]1CC(F)[C@H]1B(O)O. The third-order valence-electron chi connectivity index (χ3n) is 2.36. The molecule has 1 aliphatic carbocycles. The van der Waals surface area contributed by atoms with E-state index in [0.717, 1.165) is 6.42 Å². The molecule has 0 aromatic carbocycles. The van der Waals surface area contributed by atoms with Crippen LogP contribution in [0.2, 0.25) is 5.82 Å². The van der Waals surface area contributed by atoms with Crippen LogP contribution in [0.25, 0.3) is 0 Å². The van der Waals surface area contributed by atoms with Crippen molar-refractivity contribution in [2.24, 2.45) is 5.92 Å². The van der Waals surface area contributed by atoms with Crippen molar-refractivity contribution in [3.8, 4) is 0 Å². The summed E-state index contributed by atoms with van der Waals surface area (Å²) in [5.41, 5.74) is 0. The maximum atomic E-state index is 12.5. The van der Waals surface area contributed by atoms with Crippen LogP contribution in [0.5, 0.6) is 0 Å². The molecule has 1 rings (SSSR count). The third kappa shape index (κ3) is 1.18. The zero-order chi connectivity index (χ0) is 7.72. The van der Waals surface area contributed by atoms with E-state index in [1.165, 1.54) is 0 Å². The zero-order valence-corrected chi connectivity index (χ0v) is 6.00. The highest BCUT2D eigenvalue weighted by Crippen LogP contribution is 2.44. The first-order chi connectivity index (χ1) is 4.66. The van der Waals surface area contributed by atoms with E-state index < -0.39 is 19.1 Å². The fraction of sp³-hybridized carbons (Fsp3) is 1.00. The Bertz CT molecular complexity index is 116. The summed E-state index contributed by atoms with van der Waals surface area (Å²) >= 11 is 0. The minimum Gasteiger partial charge on any atom is -0.427 e. The molecule has 0 bridgehead atoms. The van der Waals surface area contributed by atoms with E-state index in [1.807, 2.05) is 6.92 Å². The van der Waals surface area contributed by atoms with Crippen LogP contribution in [0, 0.1) is 5.92 Å². The molecule has 2 N–H and O–H groups in total. The Labute approximate surface area is 60.2 Å². The van der Waals surface area contributed by atoms with Gasteiger partial charge in [0.25, 0.3) is 0 Å². The Morgan fingerprint density at radius 1 is 1.60 bits per heavy atom. The molecule has 0 amide bonds. The Balaban J connectivity index is 2.40. The van der Waals surface area contributed by atoms with Crippen molar-refractivity contribution in [1.29, 1.82) is 0 Å². The molecule has 1 aliphatic rings. The van der Waals surface area contributed by atoms with Crippen LogP contribution in [0.3, 0.4) is 0 Å². The van der Waals surface area contributed by atoms with Gasteiger partial charge in [-0.2, -0.15) is 0 Å². The maximum absolute atomic E-state index is 12.5. The molecule has 1 fully saturated rings. The summed E-state index contributed by atoms with van der Waals surface area (Å²) < 4.78 is 12.5. The second-order valence-electron chi connectivity index (χ2n) is 2.91. The molecule has 0 aliphatic heterocycles. The van der Waals surface area contributed by atoms with E-state index in [-0.39, 0.29) is 5.92 Å². The van der Waals surface area contributed by atoms with Gasteiger partial charge in [-0.05, 0) is 12.3 Å². The highest BCUT2D eigenvalue weighted by atomic mass is 19.1. The molecule has 0 aromatic rings. The fourth-order valence-corrected chi connectivity index (χ4v) is 1.57. The molecule has 3 atom stereocenters. The van der Waals surface area contributed by atoms with Crippen molar-refractivity contribution in [1.82, 2.24) is 0 Å². The normalized spacial score (nSPS) is 39.0. The molecular weight excluding hydrogens is 134 g/mol. The molecule has 1 saturated carbocycles. The summed E-state index contributed by atoms with van der Waals surface area (Å²) in [5.74, 6) is -0.347. The fourth-order valence-electron chi connectivity index (χ4n) is 1.57. The zero-order valence-electron chi connectivity index (χ0n) is 6.00. The quantitative estimate of drug-likeness (QED) is 0.560. The van der Waals surface area contributed by atoms with Gasteiger partial charge in [0.1, 0.15) is 6.17 Å². The lowest BCUT2D eigenvalue weighted by atomic mass is 9.53. The van der Waals surface area contributed by atoms with Gasteiger partial charge in [-0.25, -0.2) is 4.39 Å². The summed E-state index contributed by atoms with van der Waals surface area (Å²) in [4.78, 5) is 0. The van der Waals surface area contributed by atoms with Crippen LogP contribution in [0.4, 0.5) is 4.39 Å². The molecule has 0 aromatic heterocycles. The van der Waals surface area contributed by atoms with Crippen molar-refractivity contribution in [3.05, 3.63) is 0 Å². The number of hydrogen-bond acceptors (Lipinski definition) is 2. The average Bonchev–Trinajstić information content (AvgIpc) is 1.80. The van der Waals surface area contributed by atoms with Crippen LogP contribution in [0.15, 0.2) is 0 Å². The first-order valence-corrected chi connectivity index (χ1v) is 3.67. The second kappa shape index (κ2) is 2.88. The van der Waals surface area contributed by atoms with E-state index in [9.17, 15) is 4.39 Å². The van der Waals surface area contributed by atoms with E-state index in [2.05, 4.69) is 0 Å². The minimum atomic E-state index is -1.46. The van der Waals surface area contributed by atoms with Gasteiger partial charge in [0, 0.05) is 5.82 Å². The molecule has 1 unspecified atom stereocenters. The number of halogens is 1. The topological polar surface area (TPSA) is 40.5 Å². The molecule has 58 valence electrons. The van der Waals surface area contributed by atoms with Crippen LogP contribution in [-0.4, -0.2) is 23.3 Å². The summed E-state index contributed by atoms with van der Waals surface area (Å²) in [7, 11) is -1.46. The highest BCUT2D eigenvalue weighted by Gasteiger charge is 2.46. The lowest BCUT2D eigenvalue weighted by molar-refractivity contribution is 0.104. The van der Waals surface area contributed by atoms with Crippen molar-refractivity contribution in [2.45, 2.75) is 31.8 Å². The van der Waals surface area contributed by atoms with Crippen LogP contribution >= 0.6 is 0 Å². The van der Waals surface area contributed by atoms with E-state index in [1.54, 1.807) is 0 Å². The predicted octanol–water partition coefficient (Wildman–Crippen LogP) is 0.597. The van der Waals surface area contributed by atoms with Crippen molar-refractivity contribution >= 4 is 7.12 Å². The molecule has 0 heterocycles. The highest BCUT2D eigenvalue weighted by molar-refractivity contribution is 6.43. The van der Waals surface area contributed by atoms with E-state index >= 15 is 0 Å².